The van der Waals surface area contributed by atoms with Crippen LogP contribution < -0.4 is 15.4 Å². The second kappa shape index (κ2) is 8.39. The van der Waals surface area contributed by atoms with Crippen LogP contribution in [0.5, 0.6) is 0 Å². The summed E-state index contributed by atoms with van der Waals surface area (Å²) in [5.41, 5.74) is 2.38. The van der Waals surface area contributed by atoms with Gasteiger partial charge in [-0.2, -0.15) is 4.98 Å². The third-order valence-electron chi connectivity index (χ3n) is 5.01. The number of primary sulfonamides is 1. The van der Waals surface area contributed by atoms with E-state index in [4.69, 9.17) is 5.14 Å². The van der Waals surface area contributed by atoms with E-state index in [1.165, 1.54) is 12.1 Å². The first-order valence-corrected chi connectivity index (χ1v) is 11.2. The maximum Gasteiger partial charge on any atom is 0.238 e. The van der Waals surface area contributed by atoms with Crippen molar-refractivity contribution in [2.75, 3.05) is 23.3 Å². The van der Waals surface area contributed by atoms with Crippen LogP contribution in [0.15, 0.2) is 65.6 Å². The van der Waals surface area contributed by atoms with Gasteiger partial charge >= 0.3 is 0 Å². The van der Waals surface area contributed by atoms with E-state index >= 15 is 0 Å². The lowest BCUT2D eigenvalue weighted by molar-refractivity contribution is 0.145. The van der Waals surface area contributed by atoms with E-state index in [9.17, 15) is 13.5 Å². The predicted molar refractivity (Wildman–Crippen MR) is 116 cm³/mol. The number of benzene rings is 2. The van der Waals surface area contributed by atoms with Crippen molar-refractivity contribution in [2.45, 2.75) is 23.8 Å². The van der Waals surface area contributed by atoms with Gasteiger partial charge in [0.1, 0.15) is 5.82 Å². The summed E-state index contributed by atoms with van der Waals surface area (Å²) < 4.78 is 22.9. The van der Waals surface area contributed by atoms with Crippen LogP contribution in [0, 0.1) is 0 Å². The maximum atomic E-state index is 11.5. The number of nitrogens with zero attached hydrogens (tertiary/aromatic N) is 3. The molecule has 3 aromatic rings. The lowest BCUT2D eigenvalue weighted by Crippen LogP contribution is -2.36. The Morgan fingerprint density at radius 3 is 2.30 bits per heavy atom. The third-order valence-corrected chi connectivity index (χ3v) is 5.94. The van der Waals surface area contributed by atoms with E-state index in [2.05, 4.69) is 20.2 Å². The monoisotopic (exact) mass is 425 g/mol. The van der Waals surface area contributed by atoms with Crippen molar-refractivity contribution >= 4 is 27.5 Å². The summed E-state index contributed by atoms with van der Waals surface area (Å²) in [6.07, 6.45) is 1.12. The Morgan fingerprint density at radius 2 is 1.67 bits per heavy atom. The molecule has 1 aromatic heterocycles. The molecular weight excluding hydrogens is 402 g/mol. The van der Waals surface area contributed by atoms with E-state index in [1.54, 1.807) is 12.1 Å². The fourth-order valence-corrected chi connectivity index (χ4v) is 3.88. The average molecular weight is 426 g/mol. The number of rotatable bonds is 5. The molecule has 1 saturated heterocycles. The van der Waals surface area contributed by atoms with E-state index in [0.29, 0.717) is 24.5 Å². The quantitative estimate of drug-likeness (QED) is 0.574. The fraction of sp³-hybridized carbons (Fsp3) is 0.238. The number of sulfonamides is 1. The van der Waals surface area contributed by atoms with Crippen molar-refractivity contribution in [1.82, 2.24) is 9.97 Å². The van der Waals surface area contributed by atoms with Crippen LogP contribution in [-0.2, 0) is 10.0 Å². The second-order valence-electron chi connectivity index (χ2n) is 7.21. The van der Waals surface area contributed by atoms with Gasteiger partial charge in [0.2, 0.25) is 16.0 Å². The van der Waals surface area contributed by atoms with Gasteiger partial charge in [-0.15, -0.1) is 0 Å². The molecule has 0 bridgehead atoms. The van der Waals surface area contributed by atoms with Gasteiger partial charge in [-0.3, -0.25) is 0 Å². The van der Waals surface area contributed by atoms with Gasteiger partial charge in [-0.25, -0.2) is 18.5 Å². The van der Waals surface area contributed by atoms with E-state index in [-0.39, 0.29) is 11.0 Å². The summed E-state index contributed by atoms with van der Waals surface area (Å²) in [5.74, 6) is 1.18. The molecule has 1 aliphatic rings. The predicted octanol–water partition coefficient (Wildman–Crippen LogP) is 2.50. The molecule has 30 heavy (non-hydrogen) atoms. The Hall–Kier alpha value is -3.01. The molecule has 1 fully saturated rings. The van der Waals surface area contributed by atoms with E-state index in [1.807, 2.05) is 36.4 Å². The Kier molecular flexibility index (Phi) is 5.67. The minimum Gasteiger partial charge on any atom is -0.393 e. The van der Waals surface area contributed by atoms with Crippen LogP contribution in [0.25, 0.3) is 11.3 Å². The molecule has 0 amide bonds. The van der Waals surface area contributed by atoms with Gasteiger partial charge in [0.15, 0.2) is 0 Å². The number of nitrogens with two attached hydrogens (primary N) is 1. The standard InChI is InChI=1S/C21H23N5O3S/c22-30(28,29)18-8-6-16(7-9-18)23-21-24-19(15-4-2-1-3-5-15)14-20(25-21)26-12-10-17(27)11-13-26/h1-9,14,17,27H,10-13H2,(H2,22,28,29)(H,23,24,25). The normalized spacial score (nSPS) is 15.2. The molecule has 0 aliphatic carbocycles. The minimum atomic E-state index is -3.75. The molecule has 156 valence electrons. The van der Waals surface area contributed by atoms with Gasteiger partial charge in [-0.1, -0.05) is 30.3 Å². The Morgan fingerprint density at radius 1 is 1.00 bits per heavy atom. The molecule has 8 nitrogen and oxygen atoms in total. The Labute approximate surface area is 175 Å². The summed E-state index contributed by atoms with van der Waals surface area (Å²) in [5, 5.41) is 18.1. The molecule has 0 atom stereocenters. The van der Waals surface area contributed by atoms with Gasteiger partial charge in [0.25, 0.3) is 0 Å². The van der Waals surface area contributed by atoms with Crippen LogP contribution in [0.1, 0.15) is 12.8 Å². The molecular formula is C21H23N5O3S. The first-order valence-electron chi connectivity index (χ1n) is 9.66. The number of hydrogen-bond donors (Lipinski definition) is 3. The van der Waals surface area contributed by atoms with Gasteiger partial charge in [-0.05, 0) is 37.1 Å². The van der Waals surface area contributed by atoms with E-state index < -0.39 is 10.0 Å². The Bertz CT molecular complexity index is 1110. The third kappa shape index (κ3) is 4.76. The molecule has 2 heterocycles. The zero-order chi connectivity index (χ0) is 21.1. The highest BCUT2D eigenvalue weighted by molar-refractivity contribution is 7.89. The van der Waals surface area contributed by atoms with Crippen molar-refractivity contribution < 1.29 is 13.5 Å². The fourth-order valence-electron chi connectivity index (χ4n) is 3.36. The summed E-state index contributed by atoms with van der Waals surface area (Å²) in [6, 6.07) is 17.9. The molecule has 1 aliphatic heterocycles. The molecule has 4 rings (SSSR count). The van der Waals surface area contributed by atoms with Crippen molar-refractivity contribution in [1.29, 1.82) is 0 Å². The van der Waals surface area contributed by atoms with Crippen LogP contribution in [0.3, 0.4) is 0 Å². The molecule has 2 aromatic carbocycles. The van der Waals surface area contributed by atoms with Gasteiger partial charge in [0.05, 0.1) is 16.7 Å². The minimum absolute atomic E-state index is 0.0413. The zero-order valence-electron chi connectivity index (χ0n) is 16.3. The number of hydrogen-bond acceptors (Lipinski definition) is 7. The molecule has 0 unspecified atom stereocenters. The maximum absolute atomic E-state index is 11.5. The van der Waals surface area contributed by atoms with Gasteiger partial charge in [0, 0.05) is 30.4 Å². The lowest BCUT2D eigenvalue weighted by atomic mass is 10.1. The van der Waals surface area contributed by atoms with Gasteiger partial charge < -0.3 is 15.3 Å². The number of anilines is 3. The SMILES string of the molecule is NS(=O)(=O)c1ccc(Nc2nc(-c3ccccc3)cc(N3CCC(O)CC3)n2)cc1. The van der Waals surface area contributed by atoms with Crippen molar-refractivity contribution in [2.24, 2.45) is 5.14 Å². The van der Waals surface area contributed by atoms with Crippen molar-refractivity contribution in [3.63, 3.8) is 0 Å². The molecule has 4 N–H and O–H groups in total. The van der Waals surface area contributed by atoms with Crippen molar-refractivity contribution in [3.8, 4) is 11.3 Å². The van der Waals surface area contributed by atoms with E-state index in [0.717, 1.165) is 30.2 Å². The van der Waals surface area contributed by atoms with Crippen LogP contribution in [0.4, 0.5) is 17.5 Å². The van der Waals surface area contributed by atoms with Crippen molar-refractivity contribution in [3.05, 3.63) is 60.7 Å². The summed E-state index contributed by atoms with van der Waals surface area (Å²) in [6.45, 7) is 1.43. The highest BCUT2D eigenvalue weighted by Crippen LogP contribution is 2.27. The smallest absolute Gasteiger partial charge is 0.238 e. The highest BCUT2D eigenvalue weighted by Gasteiger charge is 2.20. The average Bonchev–Trinajstić information content (AvgIpc) is 2.74. The molecule has 0 saturated carbocycles. The number of aliphatic hydroxyl groups excluding tert-OH is 1. The van der Waals surface area contributed by atoms with Crippen LogP contribution in [0.2, 0.25) is 0 Å². The molecule has 0 radical (unpaired) electrons. The van der Waals surface area contributed by atoms with Crippen LogP contribution >= 0.6 is 0 Å². The molecule has 9 heteroatoms. The summed E-state index contributed by atoms with van der Waals surface area (Å²) in [7, 11) is -3.75. The number of aliphatic hydroxyl groups is 1. The lowest BCUT2D eigenvalue weighted by Gasteiger charge is -2.30. The topological polar surface area (TPSA) is 121 Å². The zero-order valence-corrected chi connectivity index (χ0v) is 17.1. The number of piperidine rings is 1. The van der Waals surface area contributed by atoms with Crippen LogP contribution in [-0.4, -0.2) is 42.7 Å². The second-order valence-corrected chi connectivity index (χ2v) is 8.78. The first-order chi connectivity index (χ1) is 14.4. The largest absolute Gasteiger partial charge is 0.393 e. The Balaban J connectivity index is 1.67. The number of nitrogens with one attached hydrogen (secondary N) is 1. The summed E-state index contributed by atoms with van der Waals surface area (Å²) in [4.78, 5) is 11.5. The highest BCUT2D eigenvalue weighted by atomic mass is 32.2. The molecule has 0 spiro atoms. The first kappa shape index (κ1) is 20.3. The number of aromatic nitrogens is 2. The summed E-state index contributed by atoms with van der Waals surface area (Å²) >= 11 is 0.